The van der Waals surface area contributed by atoms with Crippen molar-refractivity contribution in [2.24, 2.45) is 0 Å². The number of rotatable bonds is 4. The van der Waals surface area contributed by atoms with Crippen LogP contribution in [0.3, 0.4) is 0 Å². The van der Waals surface area contributed by atoms with Gasteiger partial charge >= 0.3 is 0 Å². The molecule has 2 rings (SSSR count). The summed E-state index contributed by atoms with van der Waals surface area (Å²) in [6.07, 6.45) is 0. The van der Waals surface area contributed by atoms with Crippen LogP contribution in [0.5, 0.6) is 0 Å². The van der Waals surface area contributed by atoms with Crippen molar-refractivity contribution in [2.75, 3.05) is 44.6 Å². The molecule has 1 fully saturated rings. The normalized spacial score (nSPS) is 17.6. The molecule has 1 aromatic heterocycles. The molecule has 90 valence electrons. The maximum atomic E-state index is 4.47. The fraction of sp³-hybridized carbons (Fsp3) is 0.727. The summed E-state index contributed by atoms with van der Waals surface area (Å²) in [5.74, 6) is 0. The first-order valence-corrected chi connectivity index (χ1v) is 6.68. The molecule has 16 heavy (non-hydrogen) atoms. The Hall–Kier alpha value is -0.650. The number of hydrogen-bond donors (Lipinski definition) is 2. The fourth-order valence-corrected chi connectivity index (χ4v) is 2.64. The van der Waals surface area contributed by atoms with Gasteiger partial charge in [0.05, 0.1) is 5.69 Å². The molecule has 1 aliphatic rings. The average molecular weight is 240 g/mol. The van der Waals surface area contributed by atoms with E-state index in [4.69, 9.17) is 0 Å². The first-order chi connectivity index (χ1) is 7.75. The zero-order valence-electron chi connectivity index (χ0n) is 10.0. The third kappa shape index (κ3) is 3.17. The molecule has 1 aliphatic heterocycles. The second-order valence-electron chi connectivity index (χ2n) is 4.18. The molecule has 0 radical (unpaired) electrons. The van der Waals surface area contributed by atoms with Gasteiger partial charge in [-0.2, -0.15) is 0 Å². The lowest BCUT2D eigenvalue weighted by Crippen LogP contribution is -2.45. The van der Waals surface area contributed by atoms with Gasteiger partial charge in [0.25, 0.3) is 0 Å². The van der Waals surface area contributed by atoms with E-state index in [2.05, 4.69) is 34.4 Å². The van der Waals surface area contributed by atoms with Crippen LogP contribution in [0.1, 0.15) is 10.6 Å². The number of aryl methyl sites for hydroxylation is 2. The molecule has 0 saturated carbocycles. The summed E-state index contributed by atoms with van der Waals surface area (Å²) in [6, 6.07) is 0. The van der Waals surface area contributed by atoms with Gasteiger partial charge in [-0.1, -0.05) is 0 Å². The van der Waals surface area contributed by atoms with Crippen molar-refractivity contribution in [3.05, 3.63) is 10.6 Å². The van der Waals surface area contributed by atoms with Crippen LogP contribution in [0, 0.1) is 13.8 Å². The molecule has 0 bridgehead atoms. The monoisotopic (exact) mass is 240 g/mol. The van der Waals surface area contributed by atoms with E-state index in [0.717, 1.165) is 50.1 Å². The molecule has 0 atom stereocenters. The van der Waals surface area contributed by atoms with Crippen LogP contribution < -0.4 is 10.6 Å². The highest BCUT2D eigenvalue weighted by atomic mass is 32.1. The quantitative estimate of drug-likeness (QED) is 0.826. The highest BCUT2D eigenvalue weighted by Crippen LogP contribution is 2.20. The summed E-state index contributed by atoms with van der Waals surface area (Å²) in [7, 11) is 0. The Balaban J connectivity index is 1.71. The molecule has 0 unspecified atom stereocenters. The largest absolute Gasteiger partial charge is 0.360 e. The summed E-state index contributed by atoms with van der Waals surface area (Å²) in [5.41, 5.74) is 1.15. The first-order valence-electron chi connectivity index (χ1n) is 5.86. The number of aromatic nitrogens is 1. The van der Waals surface area contributed by atoms with Crippen molar-refractivity contribution < 1.29 is 0 Å². The zero-order valence-corrected chi connectivity index (χ0v) is 10.9. The van der Waals surface area contributed by atoms with E-state index in [9.17, 15) is 0 Å². The standard InChI is InChI=1S/C11H20N4S/c1-9-10(2)16-11(14-9)13-5-8-15-6-3-12-4-7-15/h12H,3-8H2,1-2H3,(H,13,14). The molecule has 4 nitrogen and oxygen atoms in total. The van der Waals surface area contributed by atoms with Crippen LogP contribution in [-0.4, -0.2) is 49.2 Å². The molecule has 1 saturated heterocycles. The number of thiazole rings is 1. The average Bonchev–Trinajstić information content (AvgIpc) is 2.60. The molecule has 2 N–H and O–H groups in total. The summed E-state index contributed by atoms with van der Waals surface area (Å²) < 4.78 is 0. The minimum Gasteiger partial charge on any atom is -0.360 e. The smallest absolute Gasteiger partial charge is 0.183 e. The van der Waals surface area contributed by atoms with E-state index in [1.807, 2.05) is 0 Å². The molecular weight excluding hydrogens is 220 g/mol. The van der Waals surface area contributed by atoms with Crippen molar-refractivity contribution in [1.29, 1.82) is 0 Å². The van der Waals surface area contributed by atoms with Crippen molar-refractivity contribution in [1.82, 2.24) is 15.2 Å². The van der Waals surface area contributed by atoms with Gasteiger partial charge in [0.1, 0.15) is 0 Å². The van der Waals surface area contributed by atoms with E-state index in [1.165, 1.54) is 4.88 Å². The number of nitrogens with one attached hydrogen (secondary N) is 2. The van der Waals surface area contributed by atoms with Crippen molar-refractivity contribution >= 4 is 16.5 Å². The lowest BCUT2D eigenvalue weighted by molar-refractivity contribution is 0.249. The highest BCUT2D eigenvalue weighted by Gasteiger charge is 2.09. The molecule has 1 aromatic rings. The first kappa shape index (κ1) is 11.8. The lowest BCUT2D eigenvalue weighted by atomic mass is 10.3. The van der Waals surface area contributed by atoms with Gasteiger partial charge < -0.3 is 10.6 Å². The molecule has 0 spiro atoms. The topological polar surface area (TPSA) is 40.2 Å². The molecule has 0 aromatic carbocycles. The van der Waals surface area contributed by atoms with Crippen LogP contribution in [-0.2, 0) is 0 Å². The lowest BCUT2D eigenvalue weighted by Gasteiger charge is -2.26. The van der Waals surface area contributed by atoms with E-state index in [0.29, 0.717) is 0 Å². The van der Waals surface area contributed by atoms with Crippen molar-refractivity contribution in [2.45, 2.75) is 13.8 Å². The van der Waals surface area contributed by atoms with E-state index >= 15 is 0 Å². The summed E-state index contributed by atoms with van der Waals surface area (Å²) in [6.45, 7) is 10.9. The maximum absolute atomic E-state index is 4.47. The van der Waals surface area contributed by atoms with Gasteiger partial charge in [0.15, 0.2) is 5.13 Å². The van der Waals surface area contributed by atoms with Gasteiger partial charge in [-0.25, -0.2) is 4.98 Å². The Labute approximate surface area is 101 Å². The summed E-state index contributed by atoms with van der Waals surface area (Å²) in [5, 5.41) is 7.82. The van der Waals surface area contributed by atoms with Gasteiger partial charge in [-0.3, -0.25) is 4.90 Å². The van der Waals surface area contributed by atoms with Crippen LogP contribution in [0.15, 0.2) is 0 Å². The highest BCUT2D eigenvalue weighted by molar-refractivity contribution is 7.15. The SMILES string of the molecule is Cc1nc(NCCN2CCNCC2)sc1C. The Morgan fingerprint density at radius 1 is 1.38 bits per heavy atom. The Morgan fingerprint density at radius 2 is 2.12 bits per heavy atom. The fourth-order valence-electron chi connectivity index (χ4n) is 1.80. The molecular formula is C11H20N4S. The summed E-state index contributed by atoms with van der Waals surface area (Å²) >= 11 is 1.75. The number of hydrogen-bond acceptors (Lipinski definition) is 5. The van der Waals surface area contributed by atoms with Crippen LogP contribution >= 0.6 is 11.3 Å². The van der Waals surface area contributed by atoms with Gasteiger partial charge in [-0.05, 0) is 13.8 Å². The predicted molar refractivity (Wildman–Crippen MR) is 69.4 cm³/mol. The van der Waals surface area contributed by atoms with E-state index < -0.39 is 0 Å². The second-order valence-corrected chi connectivity index (χ2v) is 5.38. The molecule has 0 amide bonds. The van der Waals surface area contributed by atoms with Gasteiger partial charge in [0, 0.05) is 44.1 Å². The number of nitrogens with zero attached hydrogens (tertiary/aromatic N) is 2. The Bertz CT molecular complexity index is 311. The number of anilines is 1. The minimum absolute atomic E-state index is 0.992. The van der Waals surface area contributed by atoms with Crippen LogP contribution in [0.25, 0.3) is 0 Å². The molecule has 2 heterocycles. The molecule has 0 aliphatic carbocycles. The van der Waals surface area contributed by atoms with Crippen LogP contribution in [0.2, 0.25) is 0 Å². The molecule has 5 heteroatoms. The minimum atomic E-state index is 0.992. The van der Waals surface area contributed by atoms with Gasteiger partial charge in [0.2, 0.25) is 0 Å². The third-order valence-corrected chi connectivity index (χ3v) is 3.97. The van der Waals surface area contributed by atoms with Gasteiger partial charge in [-0.15, -0.1) is 11.3 Å². The van der Waals surface area contributed by atoms with Crippen molar-refractivity contribution in [3.8, 4) is 0 Å². The van der Waals surface area contributed by atoms with E-state index in [1.54, 1.807) is 11.3 Å². The predicted octanol–water partition coefficient (Wildman–Crippen LogP) is 1.08. The summed E-state index contributed by atoms with van der Waals surface area (Å²) in [4.78, 5) is 8.26. The zero-order chi connectivity index (χ0) is 11.4. The Kier molecular flexibility index (Phi) is 4.15. The maximum Gasteiger partial charge on any atom is 0.183 e. The van der Waals surface area contributed by atoms with Crippen LogP contribution in [0.4, 0.5) is 5.13 Å². The van der Waals surface area contributed by atoms with Crippen molar-refractivity contribution in [3.63, 3.8) is 0 Å². The third-order valence-electron chi connectivity index (χ3n) is 2.94. The Morgan fingerprint density at radius 3 is 2.75 bits per heavy atom. The van der Waals surface area contributed by atoms with E-state index in [-0.39, 0.29) is 0 Å². The number of piperazine rings is 1. The second kappa shape index (κ2) is 5.61.